The van der Waals surface area contributed by atoms with Crippen LogP contribution in [0.4, 0.5) is 0 Å². The van der Waals surface area contributed by atoms with Crippen LogP contribution in [0.1, 0.15) is 43.7 Å². The zero-order valence-electron chi connectivity index (χ0n) is 20.6. The number of rotatable bonds is 6. The molecule has 0 nitrogen and oxygen atoms in total. The summed E-state index contributed by atoms with van der Waals surface area (Å²) >= 11 is 3.91. The number of thiophene rings is 2. The predicted octanol–water partition coefficient (Wildman–Crippen LogP) is 10.3. The van der Waals surface area contributed by atoms with Gasteiger partial charge in [0.15, 0.2) is 0 Å². The van der Waals surface area contributed by atoms with E-state index in [0.717, 1.165) is 5.56 Å². The van der Waals surface area contributed by atoms with Crippen molar-refractivity contribution in [1.82, 2.24) is 0 Å². The van der Waals surface area contributed by atoms with Crippen LogP contribution in [0.25, 0.3) is 40.7 Å². The average molecular weight is 497 g/mol. The van der Waals surface area contributed by atoms with Crippen molar-refractivity contribution >= 4 is 60.3 Å². The molecule has 5 aromatic rings. The van der Waals surface area contributed by atoms with Gasteiger partial charge >= 0.3 is 0 Å². The maximum Gasteiger partial charge on any atom is 0.129 e. The van der Waals surface area contributed by atoms with Crippen molar-refractivity contribution in [3.05, 3.63) is 71.8 Å². The topological polar surface area (TPSA) is 0 Å². The minimum absolute atomic E-state index is 1.11. The lowest BCUT2D eigenvalue weighted by Crippen LogP contribution is -2.16. The highest BCUT2D eigenvalue weighted by Gasteiger charge is 2.13. The molecule has 0 atom stereocenters. The summed E-state index contributed by atoms with van der Waals surface area (Å²) < 4.78 is 5.71. The third kappa shape index (κ3) is 5.00. The molecule has 0 aliphatic rings. The monoisotopic (exact) mass is 496 g/mol. The van der Waals surface area contributed by atoms with Crippen LogP contribution in [0.3, 0.4) is 0 Å². The molecule has 0 saturated heterocycles. The summed E-state index contributed by atoms with van der Waals surface area (Å²) in [6.45, 7) is 9.13. The van der Waals surface area contributed by atoms with Gasteiger partial charge in [-0.2, -0.15) is 0 Å². The standard InChI is InChI=1S/C31H32S2Si/c1-5-6-7-8-9-23-12-16-26-28(20-23)32-31-27-17-15-25(21-29(27)33-30(26)31)24-13-10-22(11-14-24)18-19-34(2,3)4/h10-17,20-21H,5-9H2,1-4H3. The smallest absolute Gasteiger partial charge is 0.129 e. The molecule has 3 aromatic carbocycles. The van der Waals surface area contributed by atoms with E-state index in [-0.39, 0.29) is 0 Å². The van der Waals surface area contributed by atoms with Gasteiger partial charge in [-0.05, 0) is 53.8 Å². The Bertz CT molecular complexity index is 1520. The number of aryl methyl sites for hydroxylation is 1. The molecule has 2 aromatic heterocycles. The van der Waals surface area contributed by atoms with E-state index >= 15 is 0 Å². The van der Waals surface area contributed by atoms with E-state index in [0.29, 0.717) is 0 Å². The van der Waals surface area contributed by atoms with E-state index < -0.39 is 8.07 Å². The van der Waals surface area contributed by atoms with Crippen molar-refractivity contribution in [2.75, 3.05) is 0 Å². The minimum Gasteiger partial charge on any atom is -0.134 e. The number of benzene rings is 3. The van der Waals surface area contributed by atoms with Gasteiger partial charge in [-0.3, -0.25) is 0 Å². The van der Waals surface area contributed by atoms with Gasteiger partial charge in [0.05, 0.1) is 9.40 Å². The van der Waals surface area contributed by atoms with Crippen LogP contribution >= 0.6 is 22.7 Å². The Kier molecular flexibility index (Phi) is 6.67. The van der Waals surface area contributed by atoms with Gasteiger partial charge < -0.3 is 0 Å². The van der Waals surface area contributed by atoms with Gasteiger partial charge in [0.25, 0.3) is 0 Å². The summed E-state index contributed by atoms with van der Waals surface area (Å²) in [5.74, 6) is 3.36. The Morgan fingerprint density at radius 3 is 2.03 bits per heavy atom. The van der Waals surface area contributed by atoms with E-state index in [9.17, 15) is 0 Å². The molecule has 0 unspecified atom stereocenters. The normalized spacial score (nSPS) is 11.9. The fourth-order valence-electron chi connectivity index (χ4n) is 4.40. The number of hydrogen-bond donors (Lipinski definition) is 0. The van der Waals surface area contributed by atoms with Crippen molar-refractivity contribution < 1.29 is 0 Å². The zero-order chi connectivity index (χ0) is 23.7. The summed E-state index contributed by atoms with van der Waals surface area (Å²) in [5, 5.41) is 2.82. The SMILES string of the molecule is CCCCCCc1ccc2c(c1)sc1c3ccc(-c4ccc(C#C[Si](C)(C)C)cc4)cc3sc21. The molecular weight excluding hydrogens is 465 g/mol. The fraction of sp³-hybridized carbons (Fsp3) is 0.290. The number of hydrogen-bond acceptors (Lipinski definition) is 2. The van der Waals surface area contributed by atoms with Crippen molar-refractivity contribution in [1.29, 1.82) is 0 Å². The summed E-state index contributed by atoms with van der Waals surface area (Å²) in [4.78, 5) is 0. The summed E-state index contributed by atoms with van der Waals surface area (Å²) in [5.41, 5.74) is 8.60. The molecule has 0 aliphatic carbocycles. The lowest BCUT2D eigenvalue weighted by molar-refractivity contribution is 0.667. The van der Waals surface area contributed by atoms with Gasteiger partial charge in [0, 0.05) is 25.7 Å². The Morgan fingerprint density at radius 2 is 1.35 bits per heavy atom. The van der Waals surface area contributed by atoms with E-state index in [2.05, 4.69) is 98.7 Å². The molecule has 0 radical (unpaired) electrons. The Morgan fingerprint density at radius 1 is 0.706 bits per heavy atom. The predicted molar refractivity (Wildman–Crippen MR) is 158 cm³/mol. The first-order chi connectivity index (χ1) is 16.4. The van der Waals surface area contributed by atoms with Gasteiger partial charge in [-0.1, -0.05) is 88.1 Å². The van der Waals surface area contributed by atoms with Crippen LogP contribution in [-0.4, -0.2) is 8.07 Å². The molecule has 0 fully saturated rings. The van der Waals surface area contributed by atoms with E-state index in [4.69, 9.17) is 0 Å². The summed E-state index contributed by atoms with van der Waals surface area (Å²) in [6, 6.07) is 22.9. The largest absolute Gasteiger partial charge is 0.134 e. The van der Waals surface area contributed by atoms with Gasteiger partial charge in [0.2, 0.25) is 0 Å². The first-order valence-corrected chi connectivity index (χ1v) is 17.6. The van der Waals surface area contributed by atoms with E-state index in [1.807, 2.05) is 22.7 Å². The second kappa shape index (κ2) is 9.70. The Hall–Kier alpha value is -2.38. The van der Waals surface area contributed by atoms with Crippen LogP contribution < -0.4 is 0 Å². The highest BCUT2D eigenvalue weighted by molar-refractivity contribution is 7.36. The molecule has 34 heavy (non-hydrogen) atoms. The van der Waals surface area contributed by atoms with Crippen LogP contribution in [-0.2, 0) is 6.42 Å². The van der Waals surface area contributed by atoms with Crippen molar-refractivity contribution in [2.45, 2.75) is 58.7 Å². The molecule has 3 heteroatoms. The van der Waals surface area contributed by atoms with Crippen LogP contribution in [0.2, 0.25) is 19.6 Å². The zero-order valence-corrected chi connectivity index (χ0v) is 23.3. The molecule has 0 spiro atoms. The molecule has 0 N–H and O–H groups in total. The first-order valence-electron chi connectivity index (χ1n) is 12.4. The molecule has 0 aliphatic heterocycles. The minimum atomic E-state index is -1.35. The second-order valence-corrected chi connectivity index (χ2v) is 17.1. The molecule has 0 amide bonds. The Balaban J connectivity index is 1.43. The molecule has 172 valence electrons. The molecule has 5 rings (SSSR count). The quantitative estimate of drug-likeness (QED) is 0.125. The maximum atomic E-state index is 3.46. The van der Waals surface area contributed by atoms with Crippen molar-refractivity contribution in [3.8, 4) is 22.6 Å². The van der Waals surface area contributed by atoms with Crippen LogP contribution in [0, 0.1) is 11.5 Å². The van der Waals surface area contributed by atoms with E-state index in [1.165, 1.54) is 78.4 Å². The van der Waals surface area contributed by atoms with Gasteiger partial charge in [-0.15, -0.1) is 28.2 Å². The summed E-state index contributed by atoms with van der Waals surface area (Å²) in [7, 11) is -1.35. The maximum absolute atomic E-state index is 3.46. The molecular formula is C31H32S2Si. The second-order valence-electron chi connectivity index (χ2n) is 10.3. The highest BCUT2D eigenvalue weighted by atomic mass is 32.1. The molecule has 2 heterocycles. The van der Waals surface area contributed by atoms with Crippen molar-refractivity contribution in [2.24, 2.45) is 0 Å². The lowest BCUT2D eigenvalue weighted by Gasteiger charge is -2.04. The highest BCUT2D eigenvalue weighted by Crippen LogP contribution is 2.45. The third-order valence-corrected chi connectivity index (χ3v) is 9.64. The van der Waals surface area contributed by atoms with Crippen molar-refractivity contribution in [3.63, 3.8) is 0 Å². The average Bonchev–Trinajstić information content (AvgIpc) is 3.35. The van der Waals surface area contributed by atoms with Crippen LogP contribution in [0.15, 0.2) is 60.7 Å². The summed E-state index contributed by atoms with van der Waals surface area (Å²) in [6.07, 6.45) is 6.50. The van der Waals surface area contributed by atoms with Gasteiger partial charge in [0.1, 0.15) is 8.07 Å². The van der Waals surface area contributed by atoms with E-state index in [1.54, 1.807) is 0 Å². The molecule has 0 bridgehead atoms. The van der Waals surface area contributed by atoms with Gasteiger partial charge in [-0.25, -0.2) is 0 Å². The number of unbranched alkanes of at least 4 members (excludes halogenated alkanes) is 3. The molecule has 0 saturated carbocycles. The van der Waals surface area contributed by atoms with Crippen LogP contribution in [0.5, 0.6) is 0 Å². The number of fused-ring (bicyclic) bond motifs is 5. The lowest BCUT2D eigenvalue weighted by atomic mass is 10.0. The fourth-order valence-corrected chi connectivity index (χ4v) is 7.67. The Labute approximate surface area is 212 Å². The third-order valence-electron chi connectivity index (χ3n) is 6.27. The first kappa shape index (κ1) is 23.4.